The van der Waals surface area contributed by atoms with Crippen LogP contribution in [0.15, 0.2) is 6.20 Å². The van der Waals surface area contributed by atoms with Crippen LogP contribution in [0.5, 0.6) is 0 Å². The fourth-order valence-electron chi connectivity index (χ4n) is 1.12. The van der Waals surface area contributed by atoms with E-state index in [4.69, 9.17) is 0 Å². The third-order valence-corrected chi connectivity index (χ3v) is 2.19. The fraction of sp³-hybridized carbons (Fsp3) is 0.556. The number of anilines is 1. The zero-order chi connectivity index (χ0) is 9.84. The summed E-state index contributed by atoms with van der Waals surface area (Å²) in [6.07, 6.45) is 1.79. The lowest BCUT2D eigenvalue weighted by atomic mass is 10.4. The van der Waals surface area contributed by atoms with Crippen LogP contribution in [0.2, 0.25) is 0 Å². The Hall–Kier alpha value is -0.640. The second kappa shape index (κ2) is 4.56. The standard InChI is InChI=1S/C9H14BrN3/c1-7-6-11-8(2)9(12-7)13(3)5-4-10/h6H,4-5H2,1-3H3. The molecule has 0 aliphatic rings. The van der Waals surface area contributed by atoms with Crippen LogP contribution in [0.1, 0.15) is 11.4 Å². The van der Waals surface area contributed by atoms with Crippen molar-refractivity contribution in [1.82, 2.24) is 9.97 Å². The van der Waals surface area contributed by atoms with Crippen LogP contribution in [0.3, 0.4) is 0 Å². The molecule has 0 atom stereocenters. The van der Waals surface area contributed by atoms with Gasteiger partial charge in [0.2, 0.25) is 0 Å². The van der Waals surface area contributed by atoms with Crippen LogP contribution in [0.25, 0.3) is 0 Å². The predicted molar refractivity (Wildman–Crippen MR) is 58.6 cm³/mol. The maximum absolute atomic E-state index is 4.43. The van der Waals surface area contributed by atoms with Crippen molar-refractivity contribution in [3.05, 3.63) is 17.6 Å². The molecule has 1 aromatic heterocycles. The third kappa shape index (κ3) is 2.66. The average molecular weight is 244 g/mol. The SMILES string of the molecule is Cc1cnc(C)c(N(C)CCBr)n1. The van der Waals surface area contributed by atoms with Gasteiger partial charge in [0.05, 0.1) is 11.4 Å². The van der Waals surface area contributed by atoms with Crippen LogP contribution >= 0.6 is 15.9 Å². The normalized spacial score (nSPS) is 10.2. The Balaban J connectivity index is 2.91. The lowest BCUT2D eigenvalue weighted by molar-refractivity contribution is 0.909. The summed E-state index contributed by atoms with van der Waals surface area (Å²) in [5, 5.41) is 0.943. The van der Waals surface area contributed by atoms with Gasteiger partial charge in [-0.15, -0.1) is 0 Å². The zero-order valence-electron chi connectivity index (χ0n) is 8.21. The number of alkyl halides is 1. The molecule has 72 valence electrons. The van der Waals surface area contributed by atoms with Crippen LogP contribution in [-0.2, 0) is 0 Å². The highest BCUT2D eigenvalue weighted by atomic mass is 79.9. The van der Waals surface area contributed by atoms with E-state index >= 15 is 0 Å². The largest absolute Gasteiger partial charge is 0.357 e. The quantitative estimate of drug-likeness (QED) is 0.760. The number of hydrogen-bond acceptors (Lipinski definition) is 3. The number of nitrogens with zero attached hydrogens (tertiary/aromatic N) is 3. The first-order valence-corrected chi connectivity index (χ1v) is 5.34. The van der Waals surface area contributed by atoms with Crippen LogP contribution < -0.4 is 4.90 Å². The second-order valence-corrected chi connectivity index (χ2v) is 3.82. The molecule has 0 spiro atoms. The summed E-state index contributed by atoms with van der Waals surface area (Å²) in [5.41, 5.74) is 1.94. The summed E-state index contributed by atoms with van der Waals surface area (Å²) in [7, 11) is 2.03. The highest BCUT2D eigenvalue weighted by Crippen LogP contribution is 2.13. The molecule has 0 saturated carbocycles. The molecule has 0 aliphatic heterocycles. The molecule has 1 heterocycles. The predicted octanol–water partition coefficient (Wildman–Crippen LogP) is 1.92. The number of hydrogen-bond donors (Lipinski definition) is 0. The van der Waals surface area contributed by atoms with Gasteiger partial charge in [0.15, 0.2) is 0 Å². The molecule has 0 aliphatic carbocycles. The van der Waals surface area contributed by atoms with E-state index in [1.165, 1.54) is 0 Å². The lowest BCUT2D eigenvalue weighted by Gasteiger charge is -2.18. The van der Waals surface area contributed by atoms with E-state index < -0.39 is 0 Å². The maximum atomic E-state index is 4.43. The van der Waals surface area contributed by atoms with Crippen molar-refractivity contribution in [2.45, 2.75) is 13.8 Å². The molecule has 1 rings (SSSR count). The minimum atomic E-state index is 0.943. The van der Waals surface area contributed by atoms with Gasteiger partial charge in [-0.05, 0) is 13.8 Å². The van der Waals surface area contributed by atoms with Gasteiger partial charge in [-0.1, -0.05) is 15.9 Å². The Labute approximate surface area is 87.3 Å². The smallest absolute Gasteiger partial charge is 0.150 e. The Bertz CT molecular complexity index is 288. The molecule has 3 nitrogen and oxygen atoms in total. The van der Waals surface area contributed by atoms with Crippen LogP contribution in [0, 0.1) is 13.8 Å². The van der Waals surface area contributed by atoms with Gasteiger partial charge >= 0.3 is 0 Å². The van der Waals surface area contributed by atoms with Gasteiger partial charge < -0.3 is 4.90 Å². The minimum Gasteiger partial charge on any atom is -0.357 e. The van der Waals surface area contributed by atoms with Gasteiger partial charge in [0.1, 0.15) is 5.82 Å². The molecule has 0 N–H and O–H groups in total. The topological polar surface area (TPSA) is 29.0 Å². The van der Waals surface area contributed by atoms with Crippen molar-refractivity contribution < 1.29 is 0 Å². The van der Waals surface area contributed by atoms with Gasteiger partial charge in [-0.3, -0.25) is 4.98 Å². The molecule has 0 radical (unpaired) electrons. The maximum Gasteiger partial charge on any atom is 0.150 e. The Morgan fingerprint density at radius 3 is 2.77 bits per heavy atom. The first kappa shape index (κ1) is 10.4. The van der Waals surface area contributed by atoms with Crippen LogP contribution in [-0.4, -0.2) is 28.9 Å². The Kier molecular flexibility index (Phi) is 3.66. The average Bonchev–Trinajstić information content (AvgIpc) is 2.09. The lowest BCUT2D eigenvalue weighted by Crippen LogP contribution is -2.22. The zero-order valence-corrected chi connectivity index (χ0v) is 9.80. The molecule has 4 heteroatoms. The van der Waals surface area contributed by atoms with E-state index in [-0.39, 0.29) is 0 Å². The Morgan fingerprint density at radius 1 is 1.46 bits per heavy atom. The molecule has 0 amide bonds. The van der Waals surface area contributed by atoms with Crippen molar-refractivity contribution in [3.63, 3.8) is 0 Å². The molecule has 0 aromatic carbocycles. The van der Waals surface area contributed by atoms with Crippen molar-refractivity contribution in [3.8, 4) is 0 Å². The van der Waals surface area contributed by atoms with Gasteiger partial charge in [-0.2, -0.15) is 0 Å². The molecular formula is C9H14BrN3. The number of aryl methyl sites for hydroxylation is 2. The van der Waals surface area contributed by atoms with Crippen molar-refractivity contribution in [1.29, 1.82) is 0 Å². The summed E-state index contributed by atoms with van der Waals surface area (Å²) >= 11 is 3.40. The summed E-state index contributed by atoms with van der Waals surface area (Å²) in [6.45, 7) is 4.88. The minimum absolute atomic E-state index is 0.943. The number of aromatic nitrogens is 2. The summed E-state index contributed by atoms with van der Waals surface area (Å²) < 4.78 is 0. The number of halogens is 1. The van der Waals surface area contributed by atoms with E-state index in [2.05, 4.69) is 30.8 Å². The van der Waals surface area contributed by atoms with Crippen molar-refractivity contribution in [2.24, 2.45) is 0 Å². The highest BCUT2D eigenvalue weighted by molar-refractivity contribution is 9.09. The fourth-order valence-corrected chi connectivity index (χ4v) is 1.65. The van der Waals surface area contributed by atoms with Gasteiger partial charge in [-0.25, -0.2) is 4.98 Å². The Morgan fingerprint density at radius 2 is 2.15 bits per heavy atom. The molecule has 1 aromatic rings. The third-order valence-electron chi connectivity index (χ3n) is 1.83. The highest BCUT2D eigenvalue weighted by Gasteiger charge is 2.06. The summed E-state index contributed by atoms with van der Waals surface area (Å²) in [6, 6.07) is 0. The second-order valence-electron chi connectivity index (χ2n) is 3.03. The summed E-state index contributed by atoms with van der Waals surface area (Å²) in [4.78, 5) is 10.8. The van der Waals surface area contributed by atoms with E-state index in [0.29, 0.717) is 0 Å². The van der Waals surface area contributed by atoms with Gasteiger partial charge in [0.25, 0.3) is 0 Å². The van der Waals surface area contributed by atoms with E-state index in [9.17, 15) is 0 Å². The first-order chi connectivity index (χ1) is 6.15. The molecule has 0 unspecified atom stereocenters. The van der Waals surface area contributed by atoms with E-state index in [0.717, 1.165) is 29.1 Å². The van der Waals surface area contributed by atoms with Crippen molar-refractivity contribution in [2.75, 3.05) is 23.8 Å². The first-order valence-electron chi connectivity index (χ1n) is 4.22. The van der Waals surface area contributed by atoms with E-state index in [1.54, 1.807) is 6.20 Å². The van der Waals surface area contributed by atoms with Crippen LogP contribution in [0.4, 0.5) is 5.82 Å². The molecule has 0 bridgehead atoms. The molecule has 0 fully saturated rings. The van der Waals surface area contributed by atoms with Gasteiger partial charge in [0, 0.05) is 25.1 Å². The number of rotatable bonds is 3. The molecule has 13 heavy (non-hydrogen) atoms. The monoisotopic (exact) mass is 243 g/mol. The molecule has 0 saturated heterocycles. The summed E-state index contributed by atoms with van der Waals surface area (Å²) in [5.74, 6) is 0.972. The molecular weight excluding hydrogens is 230 g/mol. The van der Waals surface area contributed by atoms with E-state index in [1.807, 2.05) is 20.9 Å². The van der Waals surface area contributed by atoms with Crippen molar-refractivity contribution >= 4 is 21.7 Å².